The second kappa shape index (κ2) is 8.34. The van der Waals surface area contributed by atoms with E-state index < -0.39 is 0 Å². The highest BCUT2D eigenvalue weighted by Crippen LogP contribution is 2.21. The topological polar surface area (TPSA) is 64.3 Å². The van der Waals surface area contributed by atoms with Crippen LogP contribution in [0, 0.1) is 0 Å². The first-order chi connectivity index (χ1) is 11.1. The highest BCUT2D eigenvalue weighted by molar-refractivity contribution is 5.76. The van der Waals surface area contributed by atoms with Crippen molar-refractivity contribution in [3.05, 3.63) is 65.7 Å². The van der Waals surface area contributed by atoms with E-state index in [4.69, 9.17) is 10.5 Å². The third-order valence-electron chi connectivity index (χ3n) is 3.92. The van der Waals surface area contributed by atoms with Crippen LogP contribution in [0.1, 0.15) is 36.4 Å². The fraction of sp³-hybridized carbons (Fsp3) is 0.316. The van der Waals surface area contributed by atoms with Crippen molar-refractivity contribution in [2.24, 2.45) is 5.73 Å². The first kappa shape index (κ1) is 17.0. The maximum atomic E-state index is 12.1. The Morgan fingerprint density at radius 3 is 2.35 bits per heavy atom. The summed E-state index contributed by atoms with van der Waals surface area (Å²) in [4.78, 5) is 12.1. The molecule has 0 aromatic heterocycles. The Kier molecular flexibility index (Phi) is 6.18. The third-order valence-corrected chi connectivity index (χ3v) is 3.92. The number of benzene rings is 2. The van der Waals surface area contributed by atoms with E-state index in [1.807, 2.05) is 61.5 Å². The van der Waals surface area contributed by atoms with Gasteiger partial charge in [0.15, 0.2) is 0 Å². The number of carbonyl (C=O) groups excluding carboxylic acids is 1. The van der Waals surface area contributed by atoms with Gasteiger partial charge in [-0.2, -0.15) is 0 Å². The zero-order chi connectivity index (χ0) is 16.7. The Bertz CT molecular complexity index is 611. The summed E-state index contributed by atoms with van der Waals surface area (Å²) in [6.45, 7) is 2.48. The largest absolute Gasteiger partial charge is 0.497 e. The maximum absolute atomic E-state index is 12.1. The van der Waals surface area contributed by atoms with E-state index in [0.717, 1.165) is 16.9 Å². The number of rotatable bonds is 7. The summed E-state index contributed by atoms with van der Waals surface area (Å²) in [6, 6.07) is 17.4. The highest BCUT2D eigenvalue weighted by atomic mass is 16.5. The summed E-state index contributed by atoms with van der Waals surface area (Å²) in [6.07, 6.45) is 0.438. The van der Waals surface area contributed by atoms with Crippen LogP contribution in [0.2, 0.25) is 0 Å². The first-order valence-electron chi connectivity index (χ1n) is 7.81. The van der Waals surface area contributed by atoms with Crippen molar-refractivity contribution >= 4 is 5.91 Å². The molecule has 0 saturated heterocycles. The Balaban J connectivity index is 1.81. The van der Waals surface area contributed by atoms with Gasteiger partial charge in [0.25, 0.3) is 0 Å². The Morgan fingerprint density at radius 2 is 1.74 bits per heavy atom. The van der Waals surface area contributed by atoms with Gasteiger partial charge in [-0.15, -0.1) is 0 Å². The summed E-state index contributed by atoms with van der Waals surface area (Å²) in [7, 11) is 1.64. The minimum absolute atomic E-state index is 0.0136. The minimum atomic E-state index is -0.184. The molecule has 0 fully saturated rings. The monoisotopic (exact) mass is 312 g/mol. The van der Waals surface area contributed by atoms with Gasteiger partial charge in [-0.05, 0) is 29.2 Å². The number of ether oxygens (including phenoxy) is 1. The molecule has 4 nitrogen and oxygen atoms in total. The summed E-state index contributed by atoms with van der Waals surface area (Å²) < 4.78 is 5.14. The molecular weight excluding hydrogens is 288 g/mol. The van der Waals surface area contributed by atoms with Gasteiger partial charge in [-0.25, -0.2) is 0 Å². The molecule has 2 aromatic carbocycles. The lowest BCUT2D eigenvalue weighted by molar-refractivity contribution is -0.121. The third kappa shape index (κ3) is 5.11. The summed E-state index contributed by atoms with van der Waals surface area (Å²) in [5, 5.41) is 2.92. The summed E-state index contributed by atoms with van der Waals surface area (Å²) in [5.41, 5.74) is 8.23. The van der Waals surface area contributed by atoms with Crippen molar-refractivity contribution in [2.75, 3.05) is 13.7 Å². The molecule has 0 heterocycles. The molecule has 122 valence electrons. The molecular formula is C19H24N2O2. The van der Waals surface area contributed by atoms with Crippen LogP contribution < -0.4 is 15.8 Å². The molecule has 2 atom stereocenters. The molecule has 2 rings (SSSR count). The molecule has 1 amide bonds. The Hall–Kier alpha value is -2.33. The molecule has 4 heteroatoms. The quantitative estimate of drug-likeness (QED) is 0.826. The van der Waals surface area contributed by atoms with Gasteiger partial charge in [-0.1, -0.05) is 49.4 Å². The molecule has 0 aliphatic heterocycles. The molecule has 0 radical (unpaired) electrons. The van der Waals surface area contributed by atoms with E-state index in [1.54, 1.807) is 7.11 Å². The van der Waals surface area contributed by atoms with Gasteiger partial charge >= 0.3 is 0 Å². The van der Waals surface area contributed by atoms with Crippen LogP contribution in [0.3, 0.4) is 0 Å². The van der Waals surface area contributed by atoms with Crippen LogP contribution in [0.25, 0.3) is 0 Å². The van der Waals surface area contributed by atoms with Crippen molar-refractivity contribution in [3.63, 3.8) is 0 Å². The van der Waals surface area contributed by atoms with Crippen molar-refractivity contribution in [3.8, 4) is 5.75 Å². The van der Waals surface area contributed by atoms with E-state index in [2.05, 4.69) is 5.32 Å². The van der Waals surface area contributed by atoms with E-state index in [-0.39, 0.29) is 17.9 Å². The molecule has 0 aliphatic rings. The molecule has 2 unspecified atom stereocenters. The number of amides is 1. The number of nitrogens with one attached hydrogen (secondary N) is 1. The molecule has 2 aromatic rings. The van der Waals surface area contributed by atoms with E-state index in [0.29, 0.717) is 13.0 Å². The predicted molar refractivity (Wildman–Crippen MR) is 92.4 cm³/mol. The molecule has 0 aliphatic carbocycles. The number of carbonyl (C=O) groups is 1. The van der Waals surface area contributed by atoms with Gasteiger partial charge in [0.1, 0.15) is 5.75 Å². The average Bonchev–Trinajstić information content (AvgIpc) is 2.60. The average molecular weight is 312 g/mol. The number of nitrogens with two attached hydrogens (primary N) is 1. The lowest BCUT2D eigenvalue weighted by Gasteiger charge is -2.15. The Morgan fingerprint density at radius 1 is 1.09 bits per heavy atom. The second-order valence-corrected chi connectivity index (χ2v) is 5.70. The lowest BCUT2D eigenvalue weighted by atomic mass is 9.97. The van der Waals surface area contributed by atoms with Gasteiger partial charge < -0.3 is 15.8 Å². The lowest BCUT2D eigenvalue weighted by Crippen LogP contribution is -2.32. The van der Waals surface area contributed by atoms with Crippen molar-refractivity contribution in [1.29, 1.82) is 0 Å². The SMILES string of the molecule is COc1ccc(C(C)CC(=O)NCC(N)c2ccccc2)cc1. The zero-order valence-electron chi connectivity index (χ0n) is 13.7. The van der Waals surface area contributed by atoms with E-state index in [9.17, 15) is 4.79 Å². The highest BCUT2D eigenvalue weighted by Gasteiger charge is 2.13. The van der Waals surface area contributed by atoms with Crippen LogP contribution >= 0.6 is 0 Å². The predicted octanol–water partition coefficient (Wildman–Crippen LogP) is 3.01. The van der Waals surface area contributed by atoms with Crippen molar-refractivity contribution < 1.29 is 9.53 Å². The molecule has 0 spiro atoms. The fourth-order valence-corrected chi connectivity index (χ4v) is 2.44. The van der Waals surface area contributed by atoms with Gasteiger partial charge in [0.2, 0.25) is 5.91 Å². The molecule has 0 saturated carbocycles. The standard InChI is InChI=1S/C19H24N2O2/c1-14(15-8-10-17(23-2)11-9-15)12-19(22)21-13-18(20)16-6-4-3-5-7-16/h3-11,14,18H,12-13,20H2,1-2H3,(H,21,22). The fourth-order valence-electron chi connectivity index (χ4n) is 2.44. The summed E-state index contributed by atoms with van der Waals surface area (Å²) in [5.74, 6) is 0.979. The van der Waals surface area contributed by atoms with Crippen LogP contribution in [0.5, 0.6) is 5.75 Å². The molecule has 0 bridgehead atoms. The zero-order valence-corrected chi connectivity index (χ0v) is 13.7. The van der Waals surface area contributed by atoms with E-state index in [1.165, 1.54) is 0 Å². The van der Waals surface area contributed by atoms with Crippen LogP contribution in [0.4, 0.5) is 0 Å². The Labute approximate surface area is 137 Å². The number of methoxy groups -OCH3 is 1. The van der Waals surface area contributed by atoms with Gasteiger partial charge in [0, 0.05) is 19.0 Å². The maximum Gasteiger partial charge on any atom is 0.220 e. The second-order valence-electron chi connectivity index (χ2n) is 5.70. The van der Waals surface area contributed by atoms with Crippen LogP contribution in [-0.2, 0) is 4.79 Å². The van der Waals surface area contributed by atoms with Crippen LogP contribution in [-0.4, -0.2) is 19.6 Å². The summed E-state index contributed by atoms with van der Waals surface area (Å²) >= 11 is 0. The molecule has 23 heavy (non-hydrogen) atoms. The number of hydrogen-bond donors (Lipinski definition) is 2. The smallest absolute Gasteiger partial charge is 0.220 e. The van der Waals surface area contributed by atoms with Crippen LogP contribution in [0.15, 0.2) is 54.6 Å². The van der Waals surface area contributed by atoms with Gasteiger partial charge in [0.05, 0.1) is 7.11 Å². The van der Waals surface area contributed by atoms with Crippen molar-refractivity contribution in [2.45, 2.75) is 25.3 Å². The van der Waals surface area contributed by atoms with Crippen molar-refractivity contribution in [1.82, 2.24) is 5.32 Å². The first-order valence-corrected chi connectivity index (χ1v) is 7.81. The van der Waals surface area contributed by atoms with E-state index >= 15 is 0 Å². The normalized spacial score (nSPS) is 13.2. The number of hydrogen-bond acceptors (Lipinski definition) is 3. The van der Waals surface area contributed by atoms with Gasteiger partial charge in [-0.3, -0.25) is 4.79 Å². The minimum Gasteiger partial charge on any atom is -0.497 e. The molecule has 3 N–H and O–H groups in total.